The lowest BCUT2D eigenvalue weighted by atomic mass is 10.0. The second-order valence-electron chi connectivity index (χ2n) is 3.72. The van der Waals surface area contributed by atoms with Crippen LogP contribution in [0.25, 0.3) is 0 Å². The molecule has 0 aromatic heterocycles. The van der Waals surface area contributed by atoms with E-state index in [0.717, 1.165) is 5.56 Å². The first-order valence-electron chi connectivity index (χ1n) is 5.16. The number of rotatable bonds is 2. The Bertz CT molecular complexity index is 464. The lowest BCUT2D eigenvalue weighted by Gasteiger charge is -2.11. The van der Waals surface area contributed by atoms with Crippen LogP contribution in [0.5, 0.6) is 0 Å². The number of hydrogen-bond acceptors (Lipinski definition) is 4. The van der Waals surface area contributed by atoms with Gasteiger partial charge in [-0.2, -0.15) is 0 Å². The van der Waals surface area contributed by atoms with Gasteiger partial charge >= 0.3 is 5.97 Å². The van der Waals surface area contributed by atoms with E-state index in [-0.39, 0.29) is 5.57 Å². The summed E-state index contributed by atoms with van der Waals surface area (Å²) < 4.78 is 9.91. The van der Waals surface area contributed by atoms with Gasteiger partial charge in [0, 0.05) is 5.57 Å². The lowest BCUT2D eigenvalue weighted by Crippen LogP contribution is -2.28. The molecule has 1 aliphatic rings. The summed E-state index contributed by atoms with van der Waals surface area (Å²) in [5.74, 6) is -1.10. The first-order chi connectivity index (χ1) is 8.15. The van der Waals surface area contributed by atoms with Crippen molar-refractivity contribution in [1.29, 1.82) is 0 Å². The smallest absolute Gasteiger partial charge is 0.343 e. The van der Waals surface area contributed by atoms with E-state index >= 15 is 0 Å². The Labute approximate surface area is 98.8 Å². The fourth-order valence-corrected chi connectivity index (χ4v) is 1.75. The van der Waals surface area contributed by atoms with E-state index in [2.05, 4.69) is 11.3 Å². The van der Waals surface area contributed by atoms with Crippen molar-refractivity contribution in [2.75, 3.05) is 7.11 Å². The van der Waals surface area contributed by atoms with Crippen LogP contribution >= 0.6 is 0 Å². The van der Waals surface area contributed by atoms with E-state index < -0.39 is 24.0 Å². The molecule has 2 unspecified atom stereocenters. The molecule has 0 aliphatic carbocycles. The van der Waals surface area contributed by atoms with Gasteiger partial charge in [-0.3, -0.25) is 4.79 Å². The molecular weight excluding hydrogens is 220 g/mol. The molecule has 1 aromatic carbocycles. The number of carbonyl (C=O) groups is 2. The minimum atomic E-state index is -1.18. The van der Waals surface area contributed by atoms with Crippen molar-refractivity contribution in [2.45, 2.75) is 12.2 Å². The SMILES string of the molecule is C=C1C(=O)C(C(=O)OC)OC1c1ccccc1. The fourth-order valence-electron chi connectivity index (χ4n) is 1.75. The van der Waals surface area contributed by atoms with Crippen LogP contribution in [0.3, 0.4) is 0 Å². The molecule has 0 saturated carbocycles. The van der Waals surface area contributed by atoms with Crippen LogP contribution in [0.2, 0.25) is 0 Å². The second-order valence-corrected chi connectivity index (χ2v) is 3.72. The summed E-state index contributed by atoms with van der Waals surface area (Å²) >= 11 is 0. The van der Waals surface area contributed by atoms with Crippen molar-refractivity contribution in [2.24, 2.45) is 0 Å². The third-order valence-corrected chi connectivity index (χ3v) is 2.66. The standard InChI is InChI=1S/C13H12O4/c1-8-10(14)12(13(15)16-2)17-11(8)9-6-4-3-5-7-9/h3-7,11-12H,1H2,2H3. The van der Waals surface area contributed by atoms with E-state index in [0.29, 0.717) is 0 Å². The molecule has 88 valence electrons. The Morgan fingerprint density at radius 1 is 1.35 bits per heavy atom. The normalized spacial score (nSPS) is 23.8. The fraction of sp³-hybridized carbons (Fsp3) is 0.231. The highest BCUT2D eigenvalue weighted by Gasteiger charge is 2.42. The molecule has 4 heteroatoms. The number of ketones is 1. The zero-order valence-electron chi connectivity index (χ0n) is 9.38. The molecular formula is C13H12O4. The average molecular weight is 232 g/mol. The summed E-state index contributed by atoms with van der Waals surface area (Å²) in [5.41, 5.74) is 1.09. The molecule has 0 N–H and O–H groups in total. The second kappa shape index (κ2) is 4.51. The number of Topliss-reactive ketones (excluding diaryl/α,β-unsaturated/α-hetero) is 1. The average Bonchev–Trinajstić information content (AvgIpc) is 2.67. The van der Waals surface area contributed by atoms with Crippen molar-refractivity contribution >= 4 is 11.8 Å². The molecule has 1 aromatic rings. The molecule has 2 atom stereocenters. The van der Waals surface area contributed by atoms with Gasteiger partial charge in [-0.1, -0.05) is 36.9 Å². The Hall–Kier alpha value is -1.94. The minimum absolute atomic E-state index is 0.284. The number of benzene rings is 1. The van der Waals surface area contributed by atoms with Gasteiger partial charge < -0.3 is 9.47 Å². The van der Waals surface area contributed by atoms with Gasteiger partial charge in [-0.05, 0) is 5.56 Å². The predicted molar refractivity (Wildman–Crippen MR) is 60.2 cm³/mol. The molecule has 4 nitrogen and oxygen atoms in total. The topological polar surface area (TPSA) is 52.6 Å². The van der Waals surface area contributed by atoms with Gasteiger partial charge in [0.15, 0.2) is 0 Å². The van der Waals surface area contributed by atoms with Gasteiger partial charge in [0.05, 0.1) is 7.11 Å². The van der Waals surface area contributed by atoms with Crippen LogP contribution in [-0.4, -0.2) is 25.0 Å². The summed E-state index contributed by atoms with van der Waals surface area (Å²) in [5, 5.41) is 0. The van der Waals surface area contributed by atoms with Gasteiger partial charge in [0.25, 0.3) is 0 Å². The Kier molecular flexibility index (Phi) is 3.06. The van der Waals surface area contributed by atoms with Crippen molar-refractivity contribution < 1.29 is 19.1 Å². The largest absolute Gasteiger partial charge is 0.467 e. The lowest BCUT2D eigenvalue weighted by molar-refractivity contribution is -0.155. The molecule has 1 aliphatic heterocycles. The monoisotopic (exact) mass is 232 g/mol. The Balaban J connectivity index is 2.26. The van der Waals surface area contributed by atoms with Gasteiger partial charge in [-0.15, -0.1) is 0 Å². The molecule has 0 amide bonds. The van der Waals surface area contributed by atoms with Crippen LogP contribution in [0.1, 0.15) is 11.7 Å². The van der Waals surface area contributed by atoms with Crippen LogP contribution in [0, 0.1) is 0 Å². The third kappa shape index (κ3) is 1.99. The first-order valence-corrected chi connectivity index (χ1v) is 5.16. The molecule has 1 saturated heterocycles. The van der Waals surface area contributed by atoms with Gasteiger partial charge in [0.1, 0.15) is 6.10 Å². The molecule has 1 heterocycles. The predicted octanol–water partition coefficient (Wildman–Crippen LogP) is 1.42. The maximum atomic E-state index is 11.8. The number of hydrogen-bond donors (Lipinski definition) is 0. The highest BCUT2D eigenvalue weighted by molar-refractivity contribution is 6.12. The summed E-state index contributed by atoms with van der Waals surface area (Å²) in [6.45, 7) is 3.68. The maximum absolute atomic E-state index is 11.8. The molecule has 0 bridgehead atoms. The van der Waals surface area contributed by atoms with Crippen molar-refractivity contribution in [1.82, 2.24) is 0 Å². The quantitative estimate of drug-likeness (QED) is 0.439. The van der Waals surface area contributed by atoms with E-state index in [4.69, 9.17) is 4.74 Å². The Morgan fingerprint density at radius 2 is 2.00 bits per heavy atom. The van der Waals surface area contributed by atoms with Gasteiger partial charge in [-0.25, -0.2) is 4.79 Å². The molecule has 1 fully saturated rings. The first kappa shape index (κ1) is 11.5. The summed E-state index contributed by atoms with van der Waals surface area (Å²) in [4.78, 5) is 23.1. The summed E-state index contributed by atoms with van der Waals surface area (Å²) in [6, 6.07) is 9.18. The van der Waals surface area contributed by atoms with Crippen LogP contribution < -0.4 is 0 Å². The van der Waals surface area contributed by atoms with Crippen LogP contribution in [0.15, 0.2) is 42.5 Å². The van der Waals surface area contributed by atoms with Crippen LogP contribution in [0.4, 0.5) is 0 Å². The number of carbonyl (C=O) groups excluding carboxylic acids is 2. The molecule has 2 rings (SSSR count). The van der Waals surface area contributed by atoms with E-state index in [9.17, 15) is 9.59 Å². The zero-order chi connectivity index (χ0) is 12.4. The number of methoxy groups -OCH3 is 1. The summed E-state index contributed by atoms with van der Waals surface area (Å²) in [6.07, 6.45) is -1.74. The number of ether oxygens (including phenoxy) is 2. The minimum Gasteiger partial charge on any atom is -0.467 e. The maximum Gasteiger partial charge on any atom is 0.343 e. The number of esters is 1. The molecule has 0 spiro atoms. The highest BCUT2D eigenvalue weighted by atomic mass is 16.6. The van der Waals surface area contributed by atoms with Crippen molar-refractivity contribution in [3.8, 4) is 0 Å². The summed E-state index contributed by atoms with van der Waals surface area (Å²) in [7, 11) is 1.22. The van der Waals surface area contributed by atoms with E-state index in [1.807, 2.05) is 30.3 Å². The van der Waals surface area contributed by atoms with E-state index in [1.54, 1.807) is 0 Å². The zero-order valence-corrected chi connectivity index (χ0v) is 9.38. The van der Waals surface area contributed by atoms with Crippen LogP contribution in [-0.2, 0) is 19.1 Å². The van der Waals surface area contributed by atoms with Gasteiger partial charge in [0.2, 0.25) is 11.9 Å². The van der Waals surface area contributed by atoms with Crippen molar-refractivity contribution in [3.63, 3.8) is 0 Å². The molecule has 17 heavy (non-hydrogen) atoms. The Morgan fingerprint density at radius 3 is 2.59 bits per heavy atom. The van der Waals surface area contributed by atoms with Crippen molar-refractivity contribution in [3.05, 3.63) is 48.0 Å². The molecule has 0 radical (unpaired) electrons. The third-order valence-electron chi connectivity index (χ3n) is 2.66. The van der Waals surface area contributed by atoms with E-state index in [1.165, 1.54) is 7.11 Å². The highest BCUT2D eigenvalue weighted by Crippen LogP contribution is 2.34.